The Morgan fingerprint density at radius 3 is 2.95 bits per heavy atom. The molecule has 0 unspecified atom stereocenters. The van der Waals surface area contributed by atoms with E-state index in [4.69, 9.17) is 10.2 Å². The second kappa shape index (κ2) is 5.75. The third kappa shape index (κ3) is 2.98. The molecule has 2 aromatic heterocycles. The summed E-state index contributed by atoms with van der Waals surface area (Å²) in [5.74, 6) is 1.21. The summed E-state index contributed by atoms with van der Waals surface area (Å²) < 4.78 is 7.44. The Balaban J connectivity index is 1.57. The molecule has 19 heavy (non-hydrogen) atoms. The van der Waals surface area contributed by atoms with Gasteiger partial charge in [-0.05, 0) is 18.9 Å². The number of nitrogens with zero attached hydrogens (tertiary/aromatic N) is 4. The van der Waals surface area contributed by atoms with Crippen LogP contribution in [0.15, 0.2) is 21.9 Å². The number of hydrogen-bond donors (Lipinski definition) is 1. The van der Waals surface area contributed by atoms with E-state index in [0.717, 1.165) is 11.4 Å². The van der Waals surface area contributed by atoms with Crippen LogP contribution >= 0.6 is 11.8 Å². The van der Waals surface area contributed by atoms with Gasteiger partial charge in [-0.2, -0.15) is 5.10 Å². The average molecular weight is 279 g/mol. The molecule has 2 aromatic rings. The summed E-state index contributed by atoms with van der Waals surface area (Å²) in [5.41, 5.74) is 6.47. The standard InChI is InChI=1S/C12H17N5OS/c13-7-11-14-15-12(18-11)19-8-9-5-6-17(16-9)10-3-1-2-4-10/h5-6,10H,1-4,7-8,13H2. The van der Waals surface area contributed by atoms with Gasteiger partial charge < -0.3 is 10.2 Å². The minimum atomic E-state index is 0.282. The molecule has 1 aliphatic rings. The lowest BCUT2D eigenvalue weighted by Crippen LogP contribution is -2.05. The van der Waals surface area contributed by atoms with Crippen LogP contribution in [0.25, 0.3) is 0 Å². The van der Waals surface area contributed by atoms with E-state index >= 15 is 0 Å². The van der Waals surface area contributed by atoms with E-state index in [0.29, 0.717) is 17.2 Å². The lowest BCUT2D eigenvalue weighted by Gasteiger charge is -2.08. The minimum Gasteiger partial charge on any atom is -0.415 e. The summed E-state index contributed by atoms with van der Waals surface area (Å²) in [6, 6.07) is 2.65. The Bertz CT molecular complexity index is 532. The van der Waals surface area contributed by atoms with Crippen LogP contribution in [0.3, 0.4) is 0 Å². The fourth-order valence-corrected chi connectivity index (χ4v) is 3.02. The third-order valence-corrected chi connectivity index (χ3v) is 4.18. The smallest absolute Gasteiger partial charge is 0.277 e. The van der Waals surface area contributed by atoms with Crippen LogP contribution in [0.1, 0.15) is 43.3 Å². The number of rotatable bonds is 5. The first-order chi connectivity index (χ1) is 9.35. The van der Waals surface area contributed by atoms with E-state index < -0.39 is 0 Å². The van der Waals surface area contributed by atoms with Gasteiger partial charge in [-0.1, -0.05) is 24.6 Å². The minimum absolute atomic E-state index is 0.282. The van der Waals surface area contributed by atoms with E-state index in [1.807, 2.05) is 0 Å². The molecule has 0 aromatic carbocycles. The second-order valence-corrected chi connectivity index (χ2v) is 5.61. The topological polar surface area (TPSA) is 82.8 Å². The van der Waals surface area contributed by atoms with Crippen molar-refractivity contribution in [1.82, 2.24) is 20.0 Å². The summed E-state index contributed by atoms with van der Waals surface area (Å²) in [5, 5.41) is 12.9. The monoisotopic (exact) mass is 279 g/mol. The fraction of sp³-hybridized carbons (Fsp3) is 0.583. The van der Waals surface area contributed by atoms with Crippen LogP contribution in [0.2, 0.25) is 0 Å². The maximum absolute atomic E-state index is 5.42. The van der Waals surface area contributed by atoms with Gasteiger partial charge in [0, 0.05) is 11.9 Å². The lowest BCUT2D eigenvalue weighted by atomic mass is 10.3. The lowest BCUT2D eigenvalue weighted by molar-refractivity contribution is 0.414. The molecule has 0 radical (unpaired) electrons. The maximum atomic E-state index is 5.42. The van der Waals surface area contributed by atoms with E-state index in [2.05, 4.69) is 32.2 Å². The van der Waals surface area contributed by atoms with Crippen molar-refractivity contribution >= 4 is 11.8 Å². The molecule has 2 heterocycles. The van der Waals surface area contributed by atoms with Crippen LogP contribution in [-0.2, 0) is 12.3 Å². The Kier molecular flexibility index (Phi) is 3.84. The van der Waals surface area contributed by atoms with Crippen LogP contribution in [0.4, 0.5) is 0 Å². The first-order valence-electron chi connectivity index (χ1n) is 6.54. The molecule has 2 N–H and O–H groups in total. The molecule has 1 aliphatic carbocycles. The van der Waals surface area contributed by atoms with Gasteiger partial charge in [-0.3, -0.25) is 4.68 Å². The van der Waals surface area contributed by atoms with Gasteiger partial charge in [0.15, 0.2) is 0 Å². The zero-order chi connectivity index (χ0) is 13.1. The summed E-state index contributed by atoms with van der Waals surface area (Å²) in [6.45, 7) is 0.282. The zero-order valence-electron chi connectivity index (χ0n) is 10.7. The van der Waals surface area contributed by atoms with Crippen molar-refractivity contribution in [2.45, 2.75) is 49.2 Å². The largest absolute Gasteiger partial charge is 0.415 e. The predicted molar refractivity (Wildman–Crippen MR) is 71.5 cm³/mol. The van der Waals surface area contributed by atoms with Crippen molar-refractivity contribution in [3.63, 3.8) is 0 Å². The summed E-state index contributed by atoms with van der Waals surface area (Å²) in [6.07, 6.45) is 7.21. The Hall–Kier alpha value is -1.34. The molecule has 102 valence electrons. The molecule has 3 rings (SSSR count). The summed E-state index contributed by atoms with van der Waals surface area (Å²) in [7, 11) is 0. The Morgan fingerprint density at radius 2 is 2.21 bits per heavy atom. The van der Waals surface area contributed by atoms with Crippen molar-refractivity contribution < 1.29 is 4.42 Å². The van der Waals surface area contributed by atoms with Gasteiger partial charge in [-0.25, -0.2) is 0 Å². The van der Waals surface area contributed by atoms with Gasteiger partial charge in [-0.15, -0.1) is 10.2 Å². The van der Waals surface area contributed by atoms with Crippen molar-refractivity contribution in [1.29, 1.82) is 0 Å². The molecule has 1 fully saturated rings. The average Bonchev–Trinajstić information content (AvgIpc) is 3.16. The highest BCUT2D eigenvalue weighted by Gasteiger charge is 2.17. The molecule has 0 saturated heterocycles. The van der Waals surface area contributed by atoms with Gasteiger partial charge in [0.1, 0.15) is 0 Å². The van der Waals surface area contributed by atoms with E-state index in [9.17, 15) is 0 Å². The molecular weight excluding hydrogens is 262 g/mol. The highest BCUT2D eigenvalue weighted by Crippen LogP contribution is 2.29. The molecular formula is C12H17N5OS. The molecule has 6 nitrogen and oxygen atoms in total. The summed E-state index contributed by atoms with van der Waals surface area (Å²) >= 11 is 1.49. The van der Waals surface area contributed by atoms with Crippen molar-refractivity contribution in [2.24, 2.45) is 5.73 Å². The Labute approximate surface area is 115 Å². The van der Waals surface area contributed by atoms with Crippen LogP contribution in [0, 0.1) is 0 Å². The van der Waals surface area contributed by atoms with Crippen molar-refractivity contribution in [3.05, 3.63) is 23.8 Å². The second-order valence-electron chi connectivity index (χ2n) is 4.68. The number of hydrogen-bond acceptors (Lipinski definition) is 6. The van der Waals surface area contributed by atoms with Gasteiger partial charge in [0.2, 0.25) is 5.89 Å². The van der Waals surface area contributed by atoms with Crippen molar-refractivity contribution in [2.75, 3.05) is 0 Å². The van der Waals surface area contributed by atoms with E-state index in [1.54, 1.807) is 0 Å². The molecule has 0 atom stereocenters. The Morgan fingerprint density at radius 1 is 1.37 bits per heavy atom. The maximum Gasteiger partial charge on any atom is 0.277 e. The zero-order valence-corrected chi connectivity index (χ0v) is 11.5. The van der Waals surface area contributed by atoms with Crippen LogP contribution in [0.5, 0.6) is 0 Å². The van der Waals surface area contributed by atoms with Crippen LogP contribution in [-0.4, -0.2) is 20.0 Å². The summed E-state index contributed by atoms with van der Waals surface area (Å²) in [4.78, 5) is 0. The fourth-order valence-electron chi connectivity index (χ4n) is 2.34. The number of thioether (sulfide) groups is 1. The molecule has 0 spiro atoms. The third-order valence-electron chi connectivity index (χ3n) is 3.33. The van der Waals surface area contributed by atoms with Gasteiger partial charge in [0.25, 0.3) is 5.22 Å². The van der Waals surface area contributed by atoms with Gasteiger partial charge in [0.05, 0.1) is 18.3 Å². The molecule has 1 saturated carbocycles. The molecule has 0 bridgehead atoms. The predicted octanol–water partition coefficient (Wildman–Crippen LogP) is 2.13. The highest BCUT2D eigenvalue weighted by molar-refractivity contribution is 7.98. The first-order valence-corrected chi connectivity index (χ1v) is 7.53. The van der Waals surface area contributed by atoms with E-state index in [-0.39, 0.29) is 6.54 Å². The highest BCUT2D eigenvalue weighted by atomic mass is 32.2. The number of nitrogens with two attached hydrogens (primary N) is 1. The van der Waals surface area contributed by atoms with E-state index in [1.165, 1.54) is 37.4 Å². The van der Waals surface area contributed by atoms with Crippen LogP contribution < -0.4 is 5.73 Å². The first kappa shape index (κ1) is 12.7. The van der Waals surface area contributed by atoms with Gasteiger partial charge >= 0.3 is 0 Å². The molecule has 0 aliphatic heterocycles. The number of aromatic nitrogens is 4. The SMILES string of the molecule is NCc1nnc(SCc2ccn(C3CCCC3)n2)o1. The quantitative estimate of drug-likeness (QED) is 0.844. The normalized spacial score (nSPS) is 16.3. The molecule has 7 heteroatoms. The molecule has 0 amide bonds. The van der Waals surface area contributed by atoms with Crippen molar-refractivity contribution in [3.8, 4) is 0 Å².